The molecule has 0 aliphatic carbocycles. The van der Waals surface area contributed by atoms with E-state index in [1.807, 2.05) is 18.2 Å². The van der Waals surface area contributed by atoms with Crippen LogP contribution >= 0.6 is 0 Å². The molecule has 0 saturated carbocycles. The van der Waals surface area contributed by atoms with Gasteiger partial charge in [0.2, 0.25) is 0 Å². The summed E-state index contributed by atoms with van der Waals surface area (Å²) in [6, 6.07) is 10.4. The second-order valence-corrected chi connectivity index (χ2v) is 4.56. The third-order valence-electron chi connectivity index (χ3n) is 3.34. The van der Waals surface area contributed by atoms with E-state index in [4.69, 9.17) is 5.73 Å². The molecule has 1 aromatic carbocycles. The van der Waals surface area contributed by atoms with Crippen LogP contribution in [0.15, 0.2) is 42.9 Å². The molecule has 0 bridgehead atoms. The molecule has 0 saturated heterocycles. The Hall–Kier alpha value is -2.36. The number of benzene rings is 1. The largest absolute Gasteiger partial charge is 0.383 e. The van der Waals surface area contributed by atoms with E-state index in [-0.39, 0.29) is 0 Å². The first-order valence-electron chi connectivity index (χ1n) is 6.41. The lowest BCUT2D eigenvalue weighted by atomic mass is 10.1. The van der Waals surface area contributed by atoms with Crippen LogP contribution in [0.4, 0.5) is 5.82 Å². The molecule has 0 aliphatic rings. The first-order chi connectivity index (χ1) is 9.29. The van der Waals surface area contributed by atoms with Crippen LogP contribution in [0.2, 0.25) is 0 Å². The minimum atomic E-state index is 0.558. The van der Waals surface area contributed by atoms with Gasteiger partial charge in [-0.2, -0.15) is 0 Å². The highest BCUT2D eigenvalue weighted by atomic mass is 15.1. The van der Waals surface area contributed by atoms with Crippen molar-refractivity contribution in [1.82, 2.24) is 14.5 Å². The molecule has 0 amide bonds. The van der Waals surface area contributed by atoms with E-state index in [1.165, 1.54) is 17.5 Å². The van der Waals surface area contributed by atoms with Crippen molar-refractivity contribution in [2.75, 3.05) is 5.73 Å². The van der Waals surface area contributed by atoms with Gasteiger partial charge in [0.1, 0.15) is 17.8 Å². The molecule has 96 valence electrons. The molecule has 0 fully saturated rings. The summed E-state index contributed by atoms with van der Waals surface area (Å²) in [6.07, 6.45) is 4.50. The van der Waals surface area contributed by atoms with Crippen LogP contribution in [0, 0.1) is 0 Å². The normalized spacial score (nSPS) is 11.0. The van der Waals surface area contributed by atoms with Crippen molar-refractivity contribution in [2.24, 2.45) is 0 Å². The predicted molar refractivity (Wildman–Crippen MR) is 76.9 cm³/mol. The molecule has 2 N–H and O–H groups in total. The molecule has 3 rings (SSSR count). The molecule has 19 heavy (non-hydrogen) atoms. The van der Waals surface area contributed by atoms with E-state index in [1.54, 1.807) is 0 Å². The maximum atomic E-state index is 6.01. The fraction of sp³-hybridized carbons (Fsp3) is 0.200. The molecule has 2 heterocycles. The third-order valence-corrected chi connectivity index (χ3v) is 3.34. The quantitative estimate of drug-likeness (QED) is 0.779. The monoisotopic (exact) mass is 252 g/mol. The number of nitrogens with two attached hydrogens (primary N) is 1. The number of aryl methyl sites for hydroxylation is 1. The lowest BCUT2D eigenvalue weighted by molar-refractivity contribution is 0.783. The van der Waals surface area contributed by atoms with Crippen molar-refractivity contribution in [3.8, 4) is 0 Å². The summed E-state index contributed by atoms with van der Waals surface area (Å²) in [6.45, 7) is 2.98. The van der Waals surface area contributed by atoms with Gasteiger partial charge in [-0.1, -0.05) is 30.3 Å². The Balaban J connectivity index is 2.13. The van der Waals surface area contributed by atoms with Crippen molar-refractivity contribution in [3.63, 3.8) is 0 Å². The Morgan fingerprint density at radius 1 is 1.16 bits per heavy atom. The van der Waals surface area contributed by atoms with E-state index in [0.29, 0.717) is 5.82 Å². The van der Waals surface area contributed by atoms with Crippen molar-refractivity contribution < 1.29 is 0 Å². The minimum absolute atomic E-state index is 0.558. The van der Waals surface area contributed by atoms with Crippen molar-refractivity contribution in [2.45, 2.75) is 19.9 Å². The fourth-order valence-corrected chi connectivity index (χ4v) is 2.42. The van der Waals surface area contributed by atoms with E-state index < -0.39 is 0 Å². The zero-order valence-corrected chi connectivity index (χ0v) is 10.9. The smallest absolute Gasteiger partial charge is 0.145 e. The number of fused-ring (bicyclic) bond motifs is 1. The molecule has 4 nitrogen and oxygen atoms in total. The molecule has 0 radical (unpaired) electrons. The molecule has 0 atom stereocenters. The Bertz CT molecular complexity index is 701. The van der Waals surface area contributed by atoms with Gasteiger partial charge in [-0.3, -0.25) is 0 Å². The number of hydrogen-bond donors (Lipinski definition) is 1. The third kappa shape index (κ3) is 2.05. The summed E-state index contributed by atoms with van der Waals surface area (Å²) in [5.74, 6) is 0.558. The molecular weight excluding hydrogens is 236 g/mol. The summed E-state index contributed by atoms with van der Waals surface area (Å²) < 4.78 is 2.12. The van der Waals surface area contributed by atoms with Crippen molar-refractivity contribution >= 4 is 16.9 Å². The fourth-order valence-electron chi connectivity index (χ4n) is 2.42. The maximum Gasteiger partial charge on any atom is 0.145 e. The average molecular weight is 252 g/mol. The lowest BCUT2D eigenvalue weighted by Gasteiger charge is -2.01. The zero-order valence-electron chi connectivity index (χ0n) is 10.9. The Labute approximate surface area is 111 Å². The predicted octanol–water partition coefficient (Wildman–Crippen LogP) is 2.62. The molecule has 4 heteroatoms. The minimum Gasteiger partial charge on any atom is -0.383 e. The van der Waals surface area contributed by atoms with Gasteiger partial charge in [-0.25, -0.2) is 9.97 Å². The zero-order chi connectivity index (χ0) is 13.2. The molecule has 0 unspecified atom stereocenters. The number of nitrogens with zero attached hydrogens (tertiary/aromatic N) is 3. The number of aromatic nitrogens is 3. The summed E-state index contributed by atoms with van der Waals surface area (Å²) in [5, 5.41) is 0.980. The summed E-state index contributed by atoms with van der Waals surface area (Å²) >= 11 is 0. The van der Waals surface area contributed by atoms with Gasteiger partial charge in [-0.15, -0.1) is 0 Å². The van der Waals surface area contributed by atoms with Gasteiger partial charge in [-0.05, 0) is 24.5 Å². The number of hydrogen-bond acceptors (Lipinski definition) is 3. The lowest BCUT2D eigenvalue weighted by Crippen LogP contribution is -1.96. The topological polar surface area (TPSA) is 56.7 Å². The van der Waals surface area contributed by atoms with Crippen LogP contribution in [-0.4, -0.2) is 14.5 Å². The summed E-state index contributed by atoms with van der Waals surface area (Å²) in [4.78, 5) is 8.46. The van der Waals surface area contributed by atoms with Gasteiger partial charge in [0, 0.05) is 12.7 Å². The standard InChI is InChI=1S/C15H16N4/c1-2-19-9-12(8-11-6-4-3-5-7-11)13-14(16)17-10-18-15(13)19/h3-7,9-10H,2,8H2,1H3,(H2,16,17,18). The Kier molecular flexibility index (Phi) is 2.91. The summed E-state index contributed by atoms with van der Waals surface area (Å²) in [5.41, 5.74) is 9.38. The van der Waals surface area contributed by atoms with Crippen LogP contribution in [0.25, 0.3) is 11.0 Å². The van der Waals surface area contributed by atoms with E-state index in [0.717, 1.165) is 24.0 Å². The van der Waals surface area contributed by atoms with Crippen LogP contribution in [-0.2, 0) is 13.0 Å². The van der Waals surface area contributed by atoms with Gasteiger partial charge in [0.15, 0.2) is 0 Å². The molecule has 0 spiro atoms. The highest BCUT2D eigenvalue weighted by Crippen LogP contribution is 2.25. The Morgan fingerprint density at radius 2 is 1.95 bits per heavy atom. The maximum absolute atomic E-state index is 6.01. The number of nitrogen functional groups attached to an aromatic ring is 1. The SMILES string of the molecule is CCn1cc(Cc2ccccc2)c2c(N)ncnc21. The van der Waals surface area contributed by atoms with Crippen LogP contribution in [0.3, 0.4) is 0 Å². The average Bonchev–Trinajstić information content (AvgIpc) is 2.79. The second kappa shape index (κ2) is 4.72. The first kappa shape index (κ1) is 11.7. The van der Waals surface area contributed by atoms with Crippen LogP contribution in [0.5, 0.6) is 0 Å². The number of rotatable bonds is 3. The Morgan fingerprint density at radius 3 is 2.68 bits per heavy atom. The van der Waals surface area contributed by atoms with E-state index in [2.05, 4.69) is 39.8 Å². The molecule has 3 aromatic rings. The van der Waals surface area contributed by atoms with Crippen molar-refractivity contribution in [1.29, 1.82) is 0 Å². The molecular formula is C15H16N4. The highest BCUT2D eigenvalue weighted by molar-refractivity contribution is 5.90. The van der Waals surface area contributed by atoms with E-state index >= 15 is 0 Å². The molecule has 0 aliphatic heterocycles. The van der Waals surface area contributed by atoms with E-state index in [9.17, 15) is 0 Å². The number of anilines is 1. The van der Waals surface area contributed by atoms with Gasteiger partial charge in [0.05, 0.1) is 5.39 Å². The van der Waals surface area contributed by atoms with Gasteiger partial charge < -0.3 is 10.3 Å². The van der Waals surface area contributed by atoms with Crippen LogP contribution < -0.4 is 5.73 Å². The molecule has 2 aromatic heterocycles. The van der Waals surface area contributed by atoms with Crippen LogP contribution in [0.1, 0.15) is 18.1 Å². The highest BCUT2D eigenvalue weighted by Gasteiger charge is 2.12. The van der Waals surface area contributed by atoms with Gasteiger partial charge in [0.25, 0.3) is 0 Å². The van der Waals surface area contributed by atoms with Gasteiger partial charge >= 0.3 is 0 Å². The second-order valence-electron chi connectivity index (χ2n) is 4.56. The summed E-state index contributed by atoms with van der Waals surface area (Å²) in [7, 11) is 0. The van der Waals surface area contributed by atoms with Crippen molar-refractivity contribution in [3.05, 3.63) is 54.0 Å². The first-order valence-corrected chi connectivity index (χ1v) is 6.41.